The summed E-state index contributed by atoms with van der Waals surface area (Å²) < 4.78 is 5.09. The molecule has 5 nitrogen and oxygen atoms in total. The Morgan fingerprint density at radius 1 is 1.53 bits per heavy atom. The fraction of sp³-hybridized carbons (Fsp3) is 0.214. The summed E-state index contributed by atoms with van der Waals surface area (Å²) in [5, 5.41) is 10.5. The van der Waals surface area contributed by atoms with E-state index in [1.54, 1.807) is 6.92 Å². The number of esters is 1. The molecule has 0 saturated carbocycles. The maximum atomic E-state index is 11.8. The first-order chi connectivity index (χ1) is 8.93. The Balaban J connectivity index is 2.75. The van der Waals surface area contributed by atoms with E-state index < -0.39 is 17.0 Å². The second kappa shape index (κ2) is 6.36. The summed E-state index contributed by atoms with van der Waals surface area (Å²) in [6.07, 6.45) is 4.96. The van der Waals surface area contributed by atoms with Gasteiger partial charge in [-0.05, 0) is 19.1 Å². The van der Waals surface area contributed by atoms with E-state index in [2.05, 4.69) is 12.5 Å². The number of hydrogen-bond donors (Lipinski definition) is 0. The Kier molecular flexibility index (Phi) is 4.84. The fourth-order valence-electron chi connectivity index (χ4n) is 1.37. The minimum absolute atomic E-state index is 0.0908. The summed E-state index contributed by atoms with van der Waals surface area (Å²) in [6, 6.07) is 5.13. The number of carbonyl (C=O) groups excluding carboxylic acids is 1. The highest BCUT2D eigenvalue weighted by Crippen LogP contribution is 2.14. The highest BCUT2D eigenvalue weighted by atomic mass is 16.6. The Morgan fingerprint density at radius 3 is 2.53 bits per heavy atom. The maximum absolute atomic E-state index is 11.8. The van der Waals surface area contributed by atoms with Crippen molar-refractivity contribution in [3.8, 4) is 12.3 Å². The molecule has 1 rings (SSSR count). The van der Waals surface area contributed by atoms with E-state index in [9.17, 15) is 14.9 Å². The van der Waals surface area contributed by atoms with Gasteiger partial charge in [0.25, 0.3) is 5.69 Å². The standard InChI is InChI=1S/C14H13NO4/c1-4-13(9-10(2)3)19-14(16)11-5-7-12(8-6-11)15(17)18/h1,5-8,13H,2,9H2,3H3. The van der Waals surface area contributed by atoms with Crippen LogP contribution in [0, 0.1) is 22.5 Å². The Hall–Kier alpha value is -2.61. The number of nitrogens with zero attached hydrogens (tertiary/aromatic N) is 1. The van der Waals surface area contributed by atoms with Crippen molar-refractivity contribution in [2.75, 3.05) is 0 Å². The van der Waals surface area contributed by atoms with Crippen LogP contribution >= 0.6 is 0 Å². The molecule has 0 aliphatic rings. The molecule has 0 amide bonds. The molecule has 1 atom stereocenters. The van der Waals surface area contributed by atoms with Crippen LogP contribution in [0.4, 0.5) is 5.69 Å². The Bertz CT molecular complexity index is 540. The van der Waals surface area contributed by atoms with Gasteiger partial charge in [0, 0.05) is 18.6 Å². The summed E-state index contributed by atoms with van der Waals surface area (Å²) in [4.78, 5) is 21.7. The topological polar surface area (TPSA) is 69.4 Å². The van der Waals surface area contributed by atoms with Gasteiger partial charge in [-0.1, -0.05) is 18.1 Å². The summed E-state index contributed by atoms with van der Waals surface area (Å²) in [5.74, 6) is 1.74. The van der Waals surface area contributed by atoms with Crippen LogP contribution in [0.5, 0.6) is 0 Å². The molecule has 1 aromatic carbocycles. The number of hydrogen-bond acceptors (Lipinski definition) is 4. The van der Waals surface area contributed by atoms with Crippen molar-refractivity contribution in [3.63, 3.8) is 0 Å². The molecule has 0 spiro atoms. The Morgan fingerprint density at radius 2 is 2.11 bits per heavy atom. The monoisotopic (exact) mass is 259 g/mol. The molecule has 0 aromatic heterocycles. The second-order valence-corrected chi connectivity index (χ2v) is 4.03. The van der Waals surface area contributed by atoms with Gasteiger partial charge >= 0.3 is 5.97 Å². The molecule has 0 bridgehead atoms. The van der Waals surface area contributed by atoms with Gasteiger partial charge in [0.15, 0.2) is 6.10 Å². The quantitative estimate of drug-likeness (QED) is 0.268. The predicted octanol–water partition coefficient (Wildman–Crippen LogP) is 2.72. The number of ether oxygens (including phenoxy) is 1. The van der Waals surface area contributed by atoms with E-state index in [1.165, 1.54) is 24.3 Å². The first kappa shape index (κ1) is 14.5. The van der Waals surface area contributed by atoms with E-state index in [4.69, 9.17) is 11.2 Å². The van der Waals surface area contributed by atoms with Gasteiger partial charge in [-0.2, -0.15) is 0 Å². The van der Waals surface area contributed by atoms with E-state index in [0.29, 0.717) is 6.42 Å². The number of nitro groups is 1. The fourth-order valence-corrected chi connectivity index (χ4v) is 1.37. The van der Waals surface area contributed by atoms with Crippen molar-refractivity contribution in [3.05, 3.63) is 52.1 Å². The largest absolute Gasteiger partial charge is 0.445 e. The number of carbonyl (C=O) groups is 1. The Labute approximate surface area is 111 Å². The number of terminal acetylenes is 1. The normalized spacial score (nSPS) is 11.2. The molecule has 0 N–H and O–H groups in total. The van der Waals surface area contributed by atoms with Crippen molar-refractivity contribution >= 4 is 11.7 Å². The molecule has 0 aliphatic heterocycles. The molecule has 0 fully saturated rings. The van der Waals surface area contributed by atoms with Gasteiger partial charge in [-0.15, -0.1) is 6.42 Å². The summed E-state index contributed by atoms with van der Waals surface area (Å²) in [7, 11) is 0. The molecule has 5 heteroatoms. The van der Waals surface area contributed by atoms with Crippen LogP contribution in [-0.2, 0) is 4.74 Å². The second-order valence-electron chi connectivity index (χ2n) is 4.03. The molecule has 0 heterocycles. The maximum Gasteiger partial charge on any atom is 0.339 e. The molecular formula is C14H13NO4. The van der Waals surface area contributed by atoms with E-state index in [0.717, 1.165) is 5.57 Å². The lowest BCUT2D eigenvalue weighted by Crippen LogP contribution is -2.16. The summed E-state index contributed by atoms with van der Waals surface area (Å²) in [5.41, 5.74) is 0.930. The molecule has 98 valence electrons. The molecule has 0 saturated heterocycles. The van der Waals surface area contributed by atoms with Crippen LogP contribution < -0.4 is 0 Å². The first-order valence-electron chi connectivity index (χ1n) is 5.50. The average molecular weight is 259 g/mol. The van der Waals surface area contributed by atoms with Crippen LogP contribution in [0.3, 0.4) is 0 Å². The van der Waals surface area contributed by atoms with Crippen molar-refractivity contribution in [2.24, 2.45) is 0 Å². The smallest absolute Gasteiger partial charge is 0.339 e. The number of nitro benzene ring substituents is 1. The zero-order valence-electron chi connectivity index (χ0n) is 10.5. The van der Waals surface area contributed by atoms with Crippen molar-refractivity contribution in [1.29, 1.82) is 0 Å². The minimum atomic E-state index is -0.680. The van der Waals surface area contributed by atoms with Crippen molar-refractivity contribution in [2.45, 2.75) is 19.4 Å². The third-order valence-corrected chi connectivity index (χ3v) is 2.28. The zero-order valence-corrected chi connectivity index (χ0v) is 10.5. The van der Waals surface area contributed by atoms with E-state index in [-0.39, 0.29) is 11.3 Å². The van der Waals surface area contributed by atoms with Crippen LogP contribution in [-0.4, -0.2) is 17.0 Å². The summed E-state index contributed by atoms with van der Waals surface area (Å²) >= 11 is 0. The van der Waals surface area contributed by atoms with Gasteiger partial charge in [0.2, 0.25) is 0 Å². The lowest BCUT2D eigenvalue weighted by atomic mass is 10.1. The molecule has 1 aromatic rings. The number of benzene rings is 1. The van der Waals surface area contributed by atoms with Crippen LogP contribution in [0.25, 0.3) is 0 Å². The van der Waals surface area contributed by atoms with Gasteiger partial charge in [-0.25, -0.2) is 4.79 Å². The predicted molar refractivity (Wildman–Crippen MR) is 70.6 cm³/mol. The third-order valence-electron chi connectivity index (χ3n) is 2.28. The first-order valence-corrected chi connectivity index (χ1v) is 5.50. The van der Waals surface area contributed by atoms with Crippen LogP contribution in [0.15, 0.2) is 36.4 Å². The van der Waals surface area contributed by atoms with Crippen LogP contribution in [0.1, 0.15) is 23.7 Å². The highest BCUT2D eigenvalue weighted by Gasteiger charge is 2.15. The van der Waals surface area contributed by atoms with Gasteiger partial charge in [-0.3, -0.25) is 10.1 Å². The van der Waals surface area contributed by atoms with E-state index >= 15 is 0 Å². The zero-order chi connectivity index (χ0) is 14.4. The molecule has 0 aliphatic carbocycles. The van der Waals surface area contributed by atoms with Crippen molar-refractivity contribution < 1.29 is 14.5 Å². The number of rotatable bonds is 5. The third kappa shape index (κ3) is 4.28. The molecule has 1 unspecified atom stereocenters. The lowest BCUT2D eigenvalue weighted by molar-refractivity contribution is -0.384. The average Bonchev–Trinajstić information content (AvgIpc) is 2.37. The van der Waals surface area contributed by atoms with Gasteiger partial charge < -0.3 is 4.74 Å². The minimum Gasteiger partial charge on any atom is -0.445 e. The highest BCUT2D eigenvalue weighted by molar-refractivity contribution is 5.89. The van der Waals surface area contributed by atoms with E-state index in [1.807, 2.05) is 0 Å². The number of non-ortho nitro benzene ring substituents is 1. The molecule has 19 heavy (non-hydrogen) atoms. The summed E-state index contributed by atoms with van der Waals surface area (Å²) in [6.45, 7) is 5.47. The van der Waals surface area contributed by atoms with Gasteiger partial charge in [0.05, 0.1) is 10.5 Å². The molecule has 0 radical (unpaired) electrons. The van der Waals surface area contributed by atoms with Gasteiger partial charge in [0.1, 0.15) is 0 Å². The van der Waals surface area contributed by atoms with Crippen molar-refractivity contribution in [1.82, 2.24) is 0 Å². The van der Waals surface area contributed by atoms with Crippen LogP contribution in [0.2, 0.25) is 0 Å². The SMILES string of the molecule is C#CC(CC(=C)C)OC(=O)c1ccc([N+](=O)[O-])cc1. The molecular weight excluding hydrogens is 246 g/mol. The lowest BCUT2D eigenvalue weighted by Gasteiger charge is -2.12.